The molecule has 1 saturated heterocycles. The Labute approximate surface area is 106 Å². The van der Waals surface area contributed by atoms with Gasteiger partial charge < -0.3 is 15.1 Å². The third kappa shape index (κ3) is 2.64. The molecule has 2 atom stereocenters. The number of furan rings is 1. The molecular formula is C12H17ClN2O2. The minimum Gasteiger partial charge on any atom is -0.440 e. The number of carbonyl (C=O) groups is 1. The van der Waals surface area contributed by atoms with E-state index < -0.39 is 0 Å². The van der Waals surface area contributed by atoms with E-state index in [-0.39, 0.29) is 23.2 Å². The first kappa shape index (κ1) is 12.5. The van der Waals surface area contributed by atoms with E-state index in [9.17, 15) is 4.79 Å². The summed E-state index contributed by atoms with van der Waals surface area (Å²) >= 11 is 5.68. The van der Waals surface area contributed by atoms with Crippen molar-refractivity contribution in [3.63, 3.8) is 0 Å². The molecule has 0 unspecified atom stereocenters. The van der Waals surface area contributed by atoms with Crippen LogP contribution < -0.4 is 5.73 Å². The normalized spacial score (nSPS) is 22.5. The summed E-state index contributed by atoms with van der Waals surface area (Å²) in [5, 5.41) is 0.239. The lowest BCUT2D eigenvalue weighted by Crippen LogP contribution is -2.51. The smallest absolute Gasteiger partial charge is 0.289 e. The van der Waals surface area contributed by atoms with E-state index in [4.69, 9.17) is 21.8 Å². The number of piperidine rings is 1. The fourth-order valence-corrected chi connectivity index (χ4v) is 2.47. The molecule has 4 nitrogen and oxygen atoms in total. The fourth-order valence-electron chi connectivity index (χ4n) is 2.33. The van der Waals surface area contributed by atoms with Crippen molar-refractivity contribution in [2.24, 2.45) is 5.73 Å². The van der Waals surface area contributed by atoms with Gasteiger partial charge in [0.25, 0.3) is 5.91 Å². The van der Waals surface area contributed by atoms with Crippen LogP contribution in [0.2, 0.25) is 5.22 Å². The molecule has 1 aromatic rings. The highest BCUT2D eigenvalue weighted by molar-refractivity contribution is 6.29. The fraction of sp³-hybridized carbons (Fsp3) is 0.583. The summed E-state index contributed by atoms with van der Waals surface area (Å²) in [6, 6.07) is 3.27. The number of hydrogen-bond acceptors (Lipinski definition) is 3. The Balaban J connectivity index is 2.16. The minimum atomic E-state index is -0.112. The number of nitrogens with zero attached hydrogens (tertiary/aromatic N) is 1. The first-order valence-electron chi connectivity index (χ1n) is 5.91. The van der Waals surface area contributed by atoms with Crippen LogP contribution in [0.1, 0.15) is 36.7 Å². The van der Waals surface area contributed by atoms with E-state index in [1.165, 1.54) is 0 Å². The first-order chi connectivity index (χ1) is 8.09. The van der Waals surface area contributed by atoms with Crippen LogP contribution in [0.15, 0.2) is 16.5 Å². The standard InChI is InChI=1S/C12H17ClN2O2/c1-8(14)9-4-2-3-7-15(9)12(16)10-5-6-11(13)17-10/h5-6,8-9H,2-4,7,14H2,1H3/t8-,9-/m1/s1. The van der Waals surface area contributed by atoms with Gasteiger partial charge in [0.15, 0.2) is 11.0 Å². The Morgan fingerprint density at radius 3 is 2.94 bits per heavy atom. The molecule has 2 heterocycles. The van der Waals surface area contributed by atoms with Crippen molar-refractivity contribution >= 4 is 17.5 Å². The van der Waals surface area contributed by atoms with Crippen LogP contribution >= 0.6 is 11.6 Å². The largest absolute Gasteiger partial charge is 0.440 e. The van der Waals surface area contributed by atoms with Gasteiger partial charge in [0.05, 0.1) is 0 Å². The number of rotatable bonds is 2. The van der Waals surface area contributed by atoms with Gasteiger partial charge in [-0.05, 0) is 49.9 Å². The van der Waals surface area contributed by atoms with Gasteiger partial charge in [-0.15, -0.1) is 0 Å². The molecule has 1 aliphatic heterocycles. The van der Waals surface area contributed by atoms with Crippen LogP contribution in [0.4, 0.5) is 0 Å². The van der Waals surface area contributed by atoms with Crippen LogP contribution in [-0.4, -0.2) is 29.4 Å². The molecule has 17 heavy (non-hydrogen) atoms. The summed E-state index contributed by atoms with van der Waals surface area (Å²) in [6.45, 7) is 2.68. The molecule has 0 aliphatic carbocycles. The number of amides is 1. The SMILES string of the molecule is C[C@@H](N)[C@H]1CCCCN1C(=O)c1ccc(Cl)o1. The molecule has 0 spiro atoms. The highest BCUT2D eigenvalue weighted by atomic mass is 35.5. The molecule has 0 radical (unpaired) electrons. The zero-order chi connectivity index (χ0) is 12.4. The maximum absolute atomic E-state index is 12.2. The van der Waals surface area contributed by atoms with E-state index in [0.29, 0.717) is 5.76 Å². The van der Waals surface area contributed by atoms with Crippen molar-refractivity contribution < 1.29 is 9.21 Å². The molecule has 94 valence electrons. The number of carbonyl (C=O) groups excluding carboxylic acids is 1. The van der Waals surface area contributed by atoms with Gasteiger partial charge in [0.1, 0.15) is 0 Å². The van der Waals surface area contributed by atoms with Crippen LogP contribution in [0.3, 0.4) is 0 Å². The first-order valence-corrected chi connectivity index (χ1v) is 6.29. The second-order valence-corrected chi connectivity index (χ2v) is 4.90. The van der Waals surface area contributed by atoms with Gasteiger partial charge in [0.2, 0.25) is 0 Å². The van der Waals surface area contributed by atoms with Crippen LogP contribution in [0.5, 0.6) is 0 Å². The Kier molecular flexibility index (Phi) is 3.74. The third-order valence-corrected chi connectivity index (χ3v) is 3.40. The van der Waals surface area contributed by atoms with Gasteiger partial charge in [-0.2, -0.15) is 0 Å². The van der Waals surface area contributed by atoms with Crippen LogP contribution in [0.25, 0.3) is 0 Å². The Bertz CT molecular complexity index is 403. The zero-order valence-corrected chi connectivity index (χ0v) is 10.6. The van der Waals surface area contributed by atoms with Gasteiger partial charge in [-0.3, -0.25) is 4.79 Å². The Morgan fingerprint density at radius 1 is 1.59 bits per heavy atom. The minimum absolute atomic E-state index is 0.0234. The maximum atomic E-state index is 12.2. The number of halogens is 1. The molecule has 1 amide bonds. The predicted octanol–water partition coefficient (Wildman–Crippen LogP) is 2.27. The second kappa shape index (κ2) is 5.10. The van der Waals surface area contributed by atoms with Crippen molar-refractivity contribution in [1.82, 2.24) is 4.90 Å². The molecule has 2 N–H and O–H groups in total. The topological polar surface area (TPSA) is 59.5 Å². The summed E-state index contributed by atoms with van der Waals surface area (Å²) in [4.78, 5) is 14.1. The zero-order valence-electron chi connectivity index (χ0n) is 9.86. The van der Waals surface area contributed by atoms with E-state index in [1.54, 1.807) is 12.1 Å². The summed E-state index contributed by atoms with van der Waals surface area (Å²) in [6.07, 6.45) is 3.09. The molecule has 0 saturated carbocycles. The predicted molar refractivity (Wildman–Crippen MR) is 66.0 cm³/mol. The quantitative estimate of drug-likeness (QED) is 0.883. The van der Waals surface area contributed by atoms with Gasteiger partial charge in [0, 0.05) is 18.6 Å². The summed E-state index contributed by atoms with van der Waals surface area (Å²) in [5.41, 5.74) is 5.93. The van der Waals surface area contributed by atoms with Crippen LogP contribution in [0, 0.1) is 0 Å². The van der Waals surface area contributed by atoms with Crippen molar-refractivity contribution in [1.29, 1.82) is 0 Å². The monoisotopic (exact) mass is 256 g/mol. The van der Waals surface area contributed by atoms with Crippen molar-refractivity contribution in [2.75, 3.05) is 6.54 Å². The Morgan fingerprint density at radius 2 is 2.35 bits per heavy atom. The lowest BCUT2D eigenvalue weighted by molar-refractivity contribution is 0.0552. The lowest BCUT2D eigenvalue weighted by atomic mass is 9.96. The molecule has 0 bridgehead atoms. The highest BCUT2D eigenvalue weighted by Crippen LogP contribution is 2.23. The Hall–Kier alpha value is -1.00. The van der Waals surface area contributed by atoms with Crippen molar-refractivity contribution in [3.8, 4) is 0 Å². The molecule has 1 aliphatic rings. The third-order valence-electron chi connectivity index (χ3n) is 3.20. The van der Waals surface area contributed by atoms with Gasteiger partial charge in [-0.1, -0.05) is 0 Å². The lowest BCUT2D eigenvalue weighted by Gasteiger charge is -2.37. The van der Waals surface area contributed by atoms with E-state index in [0.717, 1.165) is 25.8 Å². The summed E-state index contributed by atoms with van der Waals surface area (Å²) in [7, 11) is 0. The van der Waals surface area contributed by atoms with Crippen molar-refractivity contribution in [3.05, 3.63) is 23.1 Å². The summed E-state index contributed by atoms with van der Waals surface area (Å²) < 4.78 is 5.16. The second-order valence-electron chi connectivity index (χ2n) is 4.52. The molecule has 5 heteroatoms. The molecule has 2 rings (SSSR count). The van der Waals surface area contributed by atoms with E-state index >= 15 is 0 Å². The van der Waals surface area contributed by atoms with E-state index in [1.807, 2.05) is 11.8 Å². The molecule has 0 aromatic carbocycles. The number of hydrogen-bond donors (Lipinski definition) is 1. The van der Waals surface area contributed by atoms with Crippen molar-refractivity contribution in [2.45, 2.75) is 38.3 Å². The number of nitrogens with two attached hydrogens (primary N) is 1. The molecule has 1 fully saturated rings. The van der Waals surface area contributed by atoms with Gasteiger partial charge >= 0.3 is 0 Å². The molecular weight excluding hydrogens is 240 g/mol. The van der Waals surface area contributed by atoms with E-state index in [2.05, 4.69) is 0 Å². The highest BCUT2D eigenvalue weighted by Gasteiger charge is 2.31. The maximum Gasteiger partial charge on any atom is 0.289 e. The average Bonchev–Trinajstić information content (AvgIpc) is 2.75. The van der Waals surface area contributed by atoms with Gasteiger partial charge in [-0.25, -0.2) is 0 Å². The van der Waals surface area contributed by atoms with Crippen LogP contribution in [-0.2, 0) is 0 Å². The molecule has 1 aromatic heterocycles. The summed E-state index contributed by atoms with van der Waals surface area (Å²) in [5.74, 6) is 0.182. The average molecular weight is 257 g/mol. The number of likely N-dealkylation sites (tertiary alicyclic amines) is 1.